The summed E-state index contributed by atoms with van der Waals surface area (Å²) in [5, 5.41) is 23.1. The lowest BCUT2D eigenvalue weighted by atomic mass is 10.0. The normalized spacial score (nSPS) is 12.8. The van der Waals surface area contributed by atoms with Crippen LogP contribution in [0.5, 0.6) is 34.6 Å². The number of aromatic nitrogens is 2. The van der Waals surface area contributed by atoms with Crippen LogP contribution >= 0.6 is 0 Å². The van der Waals surface area contributed by atoms with Gasteiger partial charge in [0.2, 0.25) is 5.88 Å². The number of hydrogen-bond donors (Lipinski definition) is 3. The van der Waals surface area contributed by atoms with Crippen molar-refractivity contribution in [1.29, 1.82) is 0 Å². The largest absolute Gasteiger partial charge is 0.496 e. The van der Waals surface area contributed by atoms with Crippen LogP contribution in [0.15, 0.2) is 54.9 Å². The molecule has 39 heavy (non-hydrogen) atoms. The molecule has 0 spiro atoms. The van der Waals surface area contributed by atoms with Crippen LogP contribution in [0.2, 0.25) is 0 Å². The van der Waals surface area contributed by atoms with Crippen LogP contribution in [0, 0.1) is 0 Å². The Kier molecular flexibility index (Phi) is 7.69. The zero-order valence-corrected chi connectivity index (χ0v) is 22.1. The van der Waals surface area contributed by atoms with E-state index in [4.69, 9.17) is 23.7 Å². The van der Waals surface area contributed by atoms with Crippen LogP contribution in [0.25, 0.3) is 22.0 Å². The first kappa shape index (κ1) is 26.5. The molecular formula is C29H31N3O7. The van der Waals surface area contributed by atoms with E-state index in [2.05, 4.69) is 15.3 Å². The number of benzene rings is 3. The minimum absolute atomic E-state index is 0.232. The fourth-order valence-corrected chi connectivity index (χ4v) is 4.36. The second kappa shape index (κ2) is 11.3. The van der Waals surface area contributed by atoms with E-state index >= 15 is 0 Å². The molecule has 3 aromatic carbocycles. The summed E-state index contributed by atoms with van der Waals surface area (Å²) in [5.41, 5.74) is 2.43. The van der Waals surface area contributed by atoms with Gasteiger partial charge in [0.25, 0.3) is 0 Å². The van der Waals surface area contributed by atoms with Crippen molar-refractivity contribution in [3.63, 3.8) is 0 Å². The average Bonchev–Trinajstić information content (AvgIpc) is 2.99. The summed E-state index contributed by atoms with van der Waals surface area (Å²) in [6.07, 6.45) is 1.47. The predicted octanol–water partition coefficient (Wildman–Crippen LogP) is 3.71. The highest BCUT2D eigenvalue weighted by molar-refractivity contribution is 5.96. The van der Waals surface area contributed by atoms with Gasteiger partial charge in [0.1, 0.15) is 36.8 Å². The van der Waals surface area contributed by atoms with Crippen molar-refractivity contribution in [2.45, 2.75) is 19.0 Å². The molecule has 0 aliphatic carbocycles. The van der Waals surface area contributed by atoms with Crippen LogP contribution in [-0.2, 0) is 6.54 Å². The lowest BCUT2D eigenvalue weighted by molar-refractivity contribution is 0.102. The Bertz CT molecular complexity index is 1450. The molecule has 0 saturated carbocycles. The molecule has 204 valence electrons. The molecular weight excluding hydrogens is 502 g/mol. The monoisotopic (exact) mass is 533 g/mol. The van der Waals surface area contributed by atoms with E-state index in [0.717, 1.165) is 27.8 Å². The average molecular weight is 534 g/mol. The number of hydrogen-bond acceptors (Lipinski definition) is 10. The van der Waals surface area contributed by atoms with E-state index in [9.17, 15) is 10.2 Å². The van der Waals surface area contributed by atoms with Gasteiger partial charge in [-0.15, -0.1) is 0 Å². The van der Waals surface area contributed by atoms with Crippen molar-refractivity contribution in [3.8, 4) is 45.8 Å². The van der Waals surface area contributed by atoms with Crippen molar-refractivity contribution in [3.05, 3.63) is 60.4 Å². The highest BCUT2D eigenvalue weighted by atomic mass is 16.6. The minimum atomic E-state index is -0.861. The molecule has 0 atom stereocenters. The van der Waals surface area contributed by atoms with Gasteiger partial charge < -0.3 is 39.2 Å². The number of aliphatic hydroxyl groups excluding tert-OH is 2. The highest BCUT2D eigenvalue weighted by Gasteiger charge is 2.24. The van der Waals surface area contributed by atoms with Gasteiger partial charge in [0, 0.05) is 24.2 Å². The summed E-state index contributed by atoms with van der Waals surface area (Å²) in [5.74, 6) is 3.30. The number of rotatable bonds is 10. The third-order valence-corrected chi connectivity index (χ3v) is 6.67. The molecule has 3 N–H and O–H groups in total. The van der Waals surface area contributed by atoms with Gasteiger partial charge in [-0.05, 0) is 30.7 Å². The van der Waals surface area contributed by atoms with Gasteiger partial charge in [-0.2, -0.15) is 0 Å². The Morgan fingerprint density at radius 2 is 1.64 bits per heavy atom. The Hall–Kier alpha value is -4.12. The molecule has 0 unspecified atom stereocenters. The van der Waals surface area contributed by atoms with Crippen molar-refractivity contribution in [2.24, 2.45) is 0 Å². The first-order valence-electron chi connectivity index (χ1n) is 12.5. The van der Waals surface area contributed by atoms with Gasteiger partial charge in [-0.3, -0.25) is 0 Å². The second-order valence-electron chi connectivity index (χ2n) is 9.38. The van der Waals surface area contributed by atoms with E-state index < -0.39 is 5.54 Å². The second-order valence-corrected chi connectivity index (χ2v) is 9.38. The molecule has 10 heteroatoms. The SMILES string of the molecule is COc1cc(Oc2ncnc3c(-c4ccc5c(c4)OCCO5)cccc23)cc(OC)c1CNC(C)(CO)CO. The van der Waals surface area contributed by atoms with Gasteiger partial charge in [0.15, 0.2) is 11.5 Å². The zero-order valence-electron chi connectivity index (χ0n) is 22.1. The maximum Gasteiger partial charge on any atom is 0.230 e. The lowest BCUT2D eigenvalue weighted by Crippen LogP contribution is -2.48. The number of aliphatic hydroxyl groups is 2. The molecule has 0 saturated heterocycles. The molecule has 0 radical (unpaired) electrons. The molecule has 1 aromatic heterocycles. The van der Waals surface area contributed by atoms with Crippen molar-refractivity contribution in [1.82, 2.24) is 15.3 Å². The Labute approximate surface area is 226 Å². The molecule has 4 aromatic rings. The van der Waals surface area contributed by atoms with Gasteiger partial charge in [-0.1, -0.05) is 18.2 Å². The zero-order chi connectivity index (χ0) is 27.4. The first-order valence-corrected chi connectivity index (χ1v) is 12.5. The molecule has 1 aliphatic heterocycles. The molecule has 1 aliphatic rings. The van der Waals surface area contributed by atoms with E-state index in [1.165, 1.54) is 6.33 Å². The molecule has 0 bridgehead atoms. The van der Waals surface area contributed by atoms with Crippen LogP contribution in [0.4, 0.5) is 0 Å². The number of nitrogens with zero attached hydrogens (tertiary/aromatic N) is 2. The van der Waals surface area contributed by atoms with Crippen molar-refractivity contribution < 1.29 is 33.9 Å². The van der Waals surface area contributed by atoms with E-state index in [0.29, 0.717) is 54.2 Å². The maximum atomic E-state index is 9.63. The summed E-state index contributed by atoms with van der Waals surface area (Å²) in [4.78, 5) is 8.96. The Balaban J connectivity index is 1.48. The number of fused-ring (bicyclic) bond motifs is 2. The van der Waals surface area contributed by atoms with E-state index in [1.54, 1.807) is 33.3 Å². The van der Waals surface area contributed by atoms with Crippen LogP contribution in [-0.4, -0.2) is 66.4 Å². The van der Waals surface area contributed by atoms with Crippen LogP contribution in [0.1, 0.15) is 12.5 Å². The van der Waals surface area contributed by atoms with E-state index in [-0.39, 0.29) is 13.2 Å². The van der Waals surface area contributed by atoms with E-state index in [1.807, 2.05) is 36.4 Å². The molecule has 10 nitrogen and oxygen atoms in total. The minimum Gasteiger partial charge on any atom is -0.496 e. The van der Waals surface area contributed by atoms with Crippen LogP contribution < -0.4 is 29.0 Å². The number of ether oxygens (including phenoxy) is 5. The lowest BCUT2D eigenvalue weighted by Gasteiger charge is -2.27. The smallest absolute Gasteiger partial charge is 0.230 e. The van der Waals surface area contributed by atoms with Gasteiger partial charge >= 0.3 is 0 Å². The third-order valence-electron chi connectivity index (χ3n) is 6.67. The summed E-state index contributed by atoms with van der Waals surface area (Å²) >= 11 is 0. The third kappa shape index (κ3) is 5.40. The Morgan fingerprint density at radius 3 is 2.33 bits per heavy atom. The summed E-state index contributed by atoms with van der Waals surface area (Å²) in [6.45, 7) is 2.60. The van der Waals surface area contributed by atoms with Gasteiger partial charge in [-0.25, -0.2) is 9.97 Å². The van der Waals surface area contributed by atoms with Crippen molar-refractivity contribution >= 4 is 10.9 Å². The summed E-state index contributed by atoms with van der Waals surface area (Å²) in [7, 11) is 3.11. The molecule has 2 heterocycles. The standard InChI is InChI=1S/C29H31N3O7/c1-29(15-33,16-34)32-14-22-24(35-2)12-19(13-25(22)36-3)39-28-21-6-4-5-20(27(21)30-17-31-28)18-7-8-23-26(11-18)38-10-9-37-23/h4-8,11-13,17,32-34H,9-10,14-16H2,1-3H3. The summed E-state index contributed by atoms with van der Waals surface area (Å²) < 4.78 is 28.9. The fourth-order valence-electron chi connectivity index (χ4n) is 4.36. The molecule has 0 fully saturated rings. The summed E-state index contributed by atoms with van der Waals surface area (Å²) in [6, 6.07) is 15.1. The maximum absolute atomic E-state index is 9.63. The van der Waals surface area contributed by atoms with Crippen LogP contribution in [0.3, 0.4) is 0 Å². The van der Waals surface area contributed by atoms with Gasteiger partial charge in [0.05, 0.1) is 49.4 Å². The van der Waals surface area contributed by atoms with Crippen molar-refractivity contribution in [2.75, 3.05) is 40.6 Å². The number of para-hydroxylation sites is 1. The highest BCUT2D eigenvalue weighted by Crippen LogP contribution is 2.40. The topological polar surface area (TPSA) is 124 Å². The first-order chi connectivity index (χ1) is 19.0. The predicted molar refractivity (Wildman–Crippen MR) is 145 cm³/mol. The quantitative estimate of drug-likeness (QED) is 0.278. The molecule has 5 rings (SSSR count). The molecule has 0 amide bonds. The number of nitrogens with one attached hydrogen (secondary N) is 1. The fraction of sp³-hybridized carbons (Fsp3) is 0.310. The Morgan fingerprint density at radius 1 is 0.923 bits per heavy atom. The number of methoxy groups -OCH3 is 2.